The Labute approximate surface area is 176 Å². The molecule has 0 unspecified atom stereocenters. The van der Waals surface area contributed by atoms with Crippen LogP contribution >= 0.6 is 11.6 Å². The fourth-order valence-corrected chi connectivity index (χ4v) is 3.55. The summed E-state index contributed by atoms with van der Waals surface area (Å²) in [4.78, 5) is 25.6. The van der Waals surface area contributed by atoms with Crippen molar-refractivity contribution in [2.45, 2.75) is 13.0 Å². The second-order valence-corrected chi connectivity index (χ2v) is 7.30. The predicted molar refractivity (Wildman–Crippen MR) is 112 cm³/mol. The highest BCUT2D eigenvalue weighted by molar-refractivity contribution is 6.30. The van der Waals surface area contributed by atoms with Crippen LogP contribution in [0, 0.1) is 5.82 Å². The van der Waals surface area contributed by atoms with Crippen molar-refractivity contribution in [2.24, 2.45) is 0 Å². The molecule has 158 valence electrons. The zero-order chi connectivity index (χ0) is 22.0. The first-order valence-electron chi connectivity index (χ1n) is 9.04. The summed E-state index contributed by atoms with van der Waals surface area (Å²) in [5.74, 6) is -0.912. The monoisotopic (exact) mass is 434 g/mol. The Hall–Kier alpha value is -3.10. The quantitative estimate of drug-likeness (QED) is 0.577. The van der Waals surface area contributed by atoms with Gasteiger partial charge in [0.25, 0.3) is 0 Å². The van der Waals surface area contributed by atoms with Crippen molar-refractivity contribution in [3.05, 3.63) is 68.7 Å². The number of nitrogens with zero attached hydrogens (tertiary/aromatic N) is 2. The maximum atomic E-state index is 14.5. The molecule has 9 heteroatoms. The van der Waals surface area contributed by atoms with E-state index >= 15 is 0 Å². The molecule has 0 amide bonds. The summed E-state index contributed by atoms with van der Waals surface area (Å²) < 4.78 is 20.6. The predicted octanol–water partition coefficient (Wildman–Crippen LogP) is 3.50. The fourth-order valence-electron chi connectivity index (χ4n) is 3.35. The first kappa shape index (κ1) is 21.6. The highest BCUT2D eigenvalue weighted by Crippen LogP contribution is 2.30. The third kappa shape index (κ3) is 4.24. The number of aliphatic hydroxyl groups is 1. The van der Waals surface area contributed by atoms with Crippen LogP contribution < -0.4 is 15.1 Å². The lowest BCUT2D eigenvalue weighted by atomic mass is 9.99. The number of anilines is 1. The summed E-state index contributed by atoms with van der Waals surface area (Å²) in [6, 6.07) is 8.05. The van der Waals surface area contributed by atoms with Crippen LogP contribution in [0.1, 0.15) is 11.1 Å². The van der Waals surface area contributed by atoms with Gasteiger partial charge in [-0.25, -0.2) is 9.18 Å². The lowest BCUT2D eigenvalue weighted by molar-refractivity contribution is 0.143. The average Bonchev–Trinajstić information content (AvgIpc) is 2.68. The van der Waals surface area contributed by atoms with Crippen molar-refractivity contribution < 1.29 is 24.1 Å². The first-order chi connectivity index (χ1) is 14.2. The zero-order valence-corrected chi connectivity index (χ0v) is 17.1. The number of rotatable bonds is 6. The molecule has 0 aliphatic carbocycles. The standard InChI is InChI=1S/C21H20ClFN2O5/c1-24(2)16-10-17-14(9-13(16)8-12-4-3-5-15(22)19(12)23)20(27)18(30-21(28)29)11-25(17)6-7-26/h3-5,9-11,26H,6-8H2,1-2H3,(H,28,29). The molecule has 3 aromatic rings. The molecule has 0 aliphatic rings. The van der Waals surface area contributed by atoms with E-state index in [2.05, 4.69) is 4.74 Å². The van der Waals surface area contributed by atoms with Gasteiger partial charge >= 0.3 is 6.16 Å². The molecule has 0 aliphatic heterocycles. The Kier molecular flexibility index (Phi) is 6.28. The molecule has 0 spiro atoms. The van der Waals surface area contributed by atoms with Gasteiger partial charge < -0.3 is 24.4 Å². The van der Waals surface area contributed by atoms with Crippen LogP contribution in [-0.2, 0) is 13.0 Å². The van der Waals surface area contributed by atoms with E-state index in [1.165, 1.54) is 12.3 Å². The van der Waals surface area contributed by atoms with E-state index in [1.807, 2.05) is 19.0 Å². The number of aliphatic hydroxyl groups excluding tert-OH is 1. The second kappa shape index (κ2) is 8.73. The van der Waals surface area contributed by atoms with Crippen molar-refractivity contribution >= 4 is 34.3 Å². The Bertz CT molecular complexity index is 1180. The van der Waals surface area contributed by atoms with Crippen LogP contribution in [0.4, 0.5) is 14.9 Å². The lowest BCUT2D eigenvalue weighted by Gasteiger charge is -2.21. The molecule has 0 bridgehead atoms. The van der Waals surface area contributed by atoms with Crippen molar-refractivity contribution in [1.29, 1.82) is 0 Å². The van der Waals surface area contributed by atoms with Gasteiger partial charge in [-0.15, -0.1) is 0 Å². The summed E-state index contributed by atoms with van der Waals surface area (Å²) in [7, 11) is 3.63. The van der Waals surface area contributed by atoms with Gasteiger partial charge in [-0.1, -0.05) is 23.7 Å². The highest BCUT2D eigenvalue weighted by Gasteiger charge is 2.18. The summed E-state index contributed by atoms with van der Waals surface area (Å²) in [6.45, 7) is -0.0981. The van der Waals surface area contributed by atoms with Crippen molar-refractivity contribution in [3.8, 4) is 5.75 Å². The van der Waals surface area contributed by atoms with Crippen molar-refractivity contribution in [2.75, 3.05) is 25.6 Å². The lowest BCUT2D eigenvalue weighted by Crippen LogP contribution is -2.19. The number of hydrogen-bond donors (Lipinski definition) is 2. The van der Waals surface area contributed by atoms with Crippen LogP contribution in [0.5, 0.6) is 5.75 Å². The number of fused-ring (bicyclic) bond motifs is 1. The number of pyridine rings is 1. The summed E-state index contributed by atoms with van der Waals surface area (Å²) in [5, 5.41) is 18.5. The Morgan fingerprint density at radius 3 is 2.63 bits per heavy atom. The Balaban J connectivity index is 2.27. The molecule has 2 aromatic carbocycles. The van der Waals surface area contributed by atoms with Gasteiger partial charge in [0.15, 0.2) is 5.75 Å². The highest BCUT2D eigenvalue weighted by atomic mass is 35.5. The average molecular weight is 435 g/mol. The number of aromatic nitrogens is 1. The van der Waals surface area contributed by atoms with Gasteiger partial charge in [-0.3, -0.25) is 4.79 Å². The van der Waals surface area contributed by atoms with Gasteiger partial charge in [0.05, 0.1) is 28.7 Å². The van der Waals surface area contributed by atoms with E-state index in [-0.39, 0.29) is 35.7 Å². The van der Waals surface area contributed by atoms with Gasteiger partial charge in [0, 0.05) is 32.7 Å². The smallest absolute Gasteiger partial charge is 0.449 e. The zero-order valence-electron chi connectivity index (χ0n) is 16.4. The molecule has 7 nitrogen and oxygen atoms in total. The number of hydrogen-bond acceptors (Lipinski definition) is 5. The minimum absolute atomic E-state index is 0.00198. The van der Waals surface area contributed by atoms with Crippen LogP contribution in [0.25, 0.3) is 10.9 Å². The molecule has 2 N–H and O–H groups in total. The normalized spacial score (nSPS) is 11.0. The van der Waals surface area contributed by atoms with Gasteiger partial charge in [-0.05, 0) is 29.3 Å². The van der Waals surface area contributed by atoms with Crippen LogP contribution in [0.2, 0.25) is 5.02 Å². The Morgan fingerprint density at radius 1 is 1.27 bits per heavy atom. The van der Waals surface area contributed by atoms with Crippen LogP contribution in [-0.4, -0.2) is 41.6 Å². The van der Waals surface area contributed by atoms with E-state index in [1.54, 1.807) is 28.8 Å². The molecule has 0 radical (unpaired) electrons. The van der Waals surface area contributed by atoms with E-state index in [4.69, 9.17) is 16.7 Å². The number of carboxylic acid groups (broad SMARTS) is 1. The molecule has 3 rings (SSSR count). The fraction of sp³-hybridized carbons (Fsp3) is 0.238. The minimum Gasteiger partial charge on any atom is -0.449 e. The maximum absolute atomic E-state index is 14.5. The first-order valence-corrected chi connectivity index (χ1v) is 9.42. The number of ether oxygens (including phenoxy) is 1. The van der Waals surface area contributed by atoms with Crippen LogP contribution in [0.3, 0.4) is 0 Å². The molecule has 1 heterocycles. The van der Waals surface area contributed by atoms with E-state index < -0.39 is 17.4 Å². The third-order valence-corrected chi connectivity index (χ3v) is 4.97. The molecule has 0 saturated heterocycles. The molecule has 1 aromatic heterocycles. The molecule has 0 atom stereocenters. The van der Waals surface area contributed by atoms with Gasteiger partial charge in [-0.2, -0.15) is 0 Å². The van der Waals surface area contributed by atoms with Gasteiger partial charge in [0.2, 0.25) is 5.43 Å². The second-order valence-electron chi connectivity index (χ2n) is 6.89. The summed E-state index contributed by atoms with van der Waals surface area (Å²) >= 11 is 5.89. The molecular weight excluding hydrogens is 415 g/mol. The number of carbonyl (C=O) groups is 1. The molecule has 30 heavy (non-hydrogen) atoms. The molecular formula is C21H20ClFN2O5. The van der Waals surface area contributed by atoms with Gasteiger partial charge in [0.1, 0.15) is 5.82 Å². The van der Waals surface area contributed by atoms with E-state index in [0.717, 1.165) is 5.69 Å². The summed E-state index contributed by atoms with van der Waals surface area (Å²) in [6.07, 6.45) is -0.197. The van der Waals surface area contributed by atoms with Crippen molar-refractivity contribution in [1.82, 2.24) is 4.57 Å². The maximum Gasteiger partial charge on any atom is 0.511 e. The minimum atomic E-state index is -1.62. The number of halogens is 2. The topological polar surface area (TPSA) is 92.0 Å². The number of benzene rings is 2. The van der Waals surface area contributed by atoms with Crippen LogP contribution in [0.15, 0.2) is 41.3 Å². The molecule has 0 saturated carbocycles. The largest absolute Gasteiger partial charge is 0.511 e. The summed E-state index contributed by atoms with van der Waals surface area (Å²) in [5.41, 5.74) is 1.62. The van der Waals surface area contributed by atoms with Crippen molar-refractivity contribution in [3.63, 3.8) is 0 Å². The van der Waals surface area contributed by atoms with E-state index in [9.17, 15) is 19.1 Å². The Morgan fingerprint density at radius 2 is 2.00 bits per heavy atom. The SMILES string of the molecule is CN(C)c1cc2c(cc1Cc1cccc(Cl)c1F)c(=O)c(OC(=O)O)cn2CCO. The molecule has 0 fully saturated rings. The third-order valence-electron chi connectivity index (χ3n) is 4.68. The van der Waals surface area contributed by atoms with E-state index in [0.29, 0.717) is 16.6 Å².